The third-order valence-corrected chi connectivity index (χ3v) is 6.28. The first kappa shape index (κ1) is 16.5. The maximum Gasteiger partial charge on any atom is 0.494 e. The van der Waals surface area contributed by atoms with E-state index in [2.05, 4.69) is 68.5 Å². The van der Waals surface area contributed by atoms with Crippen molar-refractivity contribution in [1.82, 2.24) is 0 Å². The molecule has 3 nitrogen and oxygen atoms in total. The lowest BCUT2D eigenvalue weighted by atomic mass is 9.77. The van der Waals surface area contributed by atoms with Gasteiger partial charge in [-0.25, -0.2) is 0 Å². The highest BCUT2D eigenvalue weighted by Gasteiger charge is 2.51. The summed E-state index contributed by atoms with van der Waals surface area (Å²) in [6.45, 7) is 8.26. The number of aryl methyl sites for hydroxylation is 1. The Hall–Kier alpha value is -0.395. The maximum atomic E-state index is 11.9. The third-order valence-electron chi connectivity index (χ3n) is 5.14. The van der Waals surface area contributed by atoms with Crippen molar-refractivity contribution in [3.63, 3.8) is 0 Å². The predicted molar refractivity (Wildman–Crippen MR) is 97.0 cm³/mol. The van der Waals surface area contributed by atoms with Crippen LogP contribution >= 0.6 is 22.6 Å². The van der Waals surface area contributed by atoms with Gasteiger partial charge in [0.15, 0.2) is 0 Å². The standard InChI is InChI=1S/C17H22BIO3/c1-16(2)17(3,4)22-18(21-16)13-7-5-12-10-14(19)15(20)8-6-11(12)9-13/h5,7,9,14H,6,8,10H2,1-4H3/t14-/m0/s1. The van der Waals surface area contributed by atoms with Crippen LogP contribution in [0.15, 0.2) is 18.2 Å². The second-order valence-corrected chi connectivity index (χ2v) is 8.76. The minimum Gasteiger partial charge on any atom is -0.399 e. The third kappa shape index (κ3) is 2.87. The molecular weight excluding hydrogens is 390 g/mol. The Morgan fingerprint density at radius 1 is 1.09 bits per heavy atom. The number of ketones is 1. The molecule has 1 aliphatic heterocycles. The summed E-state index contributed by atoms with van der Waals surface area (Å²) in [7, 11) is -0.329. The van der Waals surface area contributed by atoms with E-state index in [-0.39, 0.29) is 22.2 Å². The molecule has 0 amide bonds. The molecule has 118 valence electrons. The number of carbonyl (C=O) groups is 1. The quantitative estimate of drug-likeness (QED) is 0.308. The van der Waals surface area contributed by atoms with Crippen molar-refractivity contribution in [3.8, 4) is 0 Å². The van der Waals surface area contributed by atoms with Crippen LogP contribution in [-0.4, -0.2) is 28.0 Å². The van der Waals surface area contributed by atoms with Crippen molar-refractivity contribution < 1.29 is 14.1 Å². The SMILES string of the molecule is CC1(C)OB(c2ccc3c(c2)CCC(=O)[C@@H](I)C3)OC1(C)C. The maximum absolute atomic E-state index is 11.9. The molecule has 1 fully saturated rings. The van der Waals surface area contributed by atoms with Crippen molar-refractivity contribution >= 4 is 41.0 Å². The van der Waals surface area contributed by atoms with Gasteiger partial charge in [-0.1, -0.05) is 40.8 Å². The molecule has 1 heterocycles. The van der Waals surface area contributed by atoms with Gasteiger partial charge >= 0.3 is 7.12 Å². The molecule has 1 saturated heterocycles. The number of hydrogen-bond donors (Lipinski definition) is 0. The number of alkyl halides is 1. The number of hydrogen-bond acceptors (Lipinski definition) is 3. The van der Waals surface area contributed by atoms with E-state index in [1.807, 2.05) is 0 Å². The van der Waals surface area contributed by atoms with Crippen molar-refractivity contribution in [2.75, 3.05) is 0 Å². The fourth-order valence-corrected chi connectivity index (χ4v) is 3.71. The lowest BCUT2D eigenvalue weighted by Crippen LogP contribution is -2.41. The Bertz CT molecular complexity index is 596. The number of carbonyl (C=O) groups excluding carboxylic acids is 1. The summed E-state index contributed by atoms with van der Waals surface area (Å²) in [4.78, 5) is 11.9. The fourth-order valence-electron chi connectivity index (χ4n) is 2.92. The Labute approximate surface area is 146 Å². The zero-order valence-corrected chi connectivity index (χ0v) is 15.8. The Kier molecular flexibility index (Phi) is 4.19. The highest BCUT2D eigenvalue weighted by Crippen LogP contribution is 2.36. The second kappa shape index (κ2) is 5.60. The van der Waals surface area contributed by atoms with E-state index in [0.717, 1.165) is 18.3 Å². The molecule has 0 radical (unpaired) electrons. The monoisotopic (exact) mass is 412 g/mol. The summed E-state index contributed by atoms with van der Waals surface area (Å²) in [6, 6.07) is 6.39. The fraction of sp³-hybridized carbons (Fsp3) is 0.588. The zero-order chi connectivity index (χ0) is 16.1. The normalized spacial score (nSPS) is 26.7. The van der Waals surface area contributed by atoms with Crippen LogP contribution in [0, 0.1) is 0 Å². The van der Waals surface area contributed by atoms with Crippen LogP contribution in [0.5, 0.6) is 0 Å². The summed E-state index contributed by atoms with van der Waals surface area (Å²) in [5, 5.41) is 0. The number of fused-ring (bicyclic) bond motifs is 1. The zero-order valence-electron chi connectivity index (χ0n) is 13.6. The van der Waals surface area contributed by atoms with Crippen LogP contribution in [0.1, 0.15) is 45.2 Å². The molecule has 22 heavy (non-hydrogen) atoms. The highest BCUT2D eigenvalue weighted by molar-refractivity contribution is 14.1. The molecule has 0 aromatic heterocycles. The average Bonchev–Trinajstić information content (AvgIpc) is 2.55. The second-order valence-electron chi connectivity index (χ2n) is 7.25. The van der Waals surface area contributed by atoms with Crippen LogP contribution in [-0.2, 0) is 26.9 Å². The molecule has 0 N–H and O–H groups in total. The van der Waals surface area contributed by atoms with Crippen LogP contribution < -0.4 is 5.46 Å². The molecule has 1 aromatic carbocycles. The van der Waals surface area contributed by atoms with Gasteiger partial charge in [0.1, 0.15) is 5.78 Å². The molecule has 0 saturated carbocycles. The van der Waals surface area contributed by atoms with Gasteiger partial charge in [-0.2, -0.15) is 0 Å². The Morgan fingerprint density at radius 2 is 1.73 bits per heavy atom. The molecule has 3 rings (SSSR count). The van der Waals surface area contributed by atoms with Gasteiger partial charge in [0.25, 0.3) is 0 Å². The number of rotatable bonds is 1. The highest BCUT2D eigenvalue weighted by atomic mass is 127. The van der Waals surface area contributed by atoms with Crippen molar-refractivity contribution in [1.29, 1.82) is 0 Å². The molecule has 1 atom stereocenters. The first-order valence-electron chi connectivity index (χ1n) is 7.84. The van der Waals surface area contributed by atoms with Crippen molar-refractivity contribution in [3.05, 3.63) is 29.3 Å². The van der Waals surface area contributed by atoms with E-state index in [1.165, 1.54) is 11.1 Å². The van der Waals surface area contributed by atoms with Crippen molar-refractivity contribution in [2.24, 2.45) is 0 Å². The molecule has 2 aliphatic rings. The van der Waals surface area contributed by atoms with Gasteiger partial charge < -0.3 is 9.31 Å². The van der Waals surface area contributed by atoms with E-state index < -0.39 is 0 Å². The number of benzene rings is 1. The summed E-state index contributed by atoms with van der Waals surface area (Å²) in [5.41, 5.74) is 2.95. The largest absolute Gasteiger partial charge is 0.494 e. The molecule has 1 aromatic rings. The molecule has 5 heteroatoms. The molecule has 0 bridgehead atoms. The Balaban J connectivity index is 1.88. The topological polar surface area (TPSA) is 35.5 Å². The lowest BCUT2D eigenvalue weighted by molar-refractivity contribution is -0.118. The van der Waals surface area contributed by atoms with Gasteiger partial charge in [0, 0.05) is 6.42 Å². The van der Waals surface area contributed by atoms with E-state index in [1.54, 1.807) is 0 Å². The van der Waals surface area contributed by atoms with Gasteiger partial charge in [-0.15, -0.1) is 0 Å². The van der Waals surface area contributed by atoms with E-state index >= 15 is 0 Å². The summed E-state index contributed by atoms with van der Waals surface area (Å²) in [6.07, 6.45) is 2.28. The van der Waals surface area contributed by atoms with Gasteiger partial charge in [-0.3, -0.25) is 4.79 Å². The van der Waals surface area contributed by atoms with E-state index in [9.17, 15) is 4.79 Å². The number of Topliss-reactive ketones (excluding diaryl/α,β-unsaturated/α-hetero) is 1. The van der Waals surface area contributed by atoms with Gasteiger partial charge in [0.05, 0.1) is 15.1 Å². The van der Waals surface area contributed by atoms with E-state index in [0.29, 0.717) is 12.2 Å². The summed E-state index contributed by atoms with van der Waals surface area (Å²) < 4.78 is 12.3. The summed E-state index contributed by atoms with van der Waals surface area (Å²) in [5.74, 6) is 0.356. The van der Waals surface area contributed by atoms with E-state index in [4.69, 9.17) is 9.31 Å². The van der Waals surface area contributed by atoms with Crippen LogP contribution in [0.4, 0.5) is 0 Å². The predicted octanol–water partition coefficient (Wildman–Crippen LogP) is 2.85. The minimum absolute atomic E-state index is 0.0987. The van der Waals surface area contributed by atoms with Gasteiger partial charge in [0.2, 0.25) is 0 Å². The van der Waals surface area contributed by atoms with Crippen LogP contribution in [0.2, 0.25) is 0 Å². The summed E-state index contributed by atoms with van der Waals surface area (Å²) >= 11 is 2.26. The molecule has 0 spiro atoms. The number of halogens is 1. The smallest absolute Gasteiger partial charge is 0.399 e. The Morgan fingerprint density at radius 3 is 2.36 bits per heavy atom. The van der Waals surface area contributed by atoms with Crippen LogP contribution in [0.25, 0.3) is 0 Å². The molecular formula is C17H22BIO3. The first-order valence-corrected chi connectivity index (χ1v) is 9.08. The first-order chi connectivity index (χ1) is 10.2. The molecule has 0 unspecified atom stereocenters. The lowest BCUT2D eigenvalue weighted by Gasteiger charge is -2.32. The molecule has 1 aliphatic carbocycles. The van der Waals surface area contributed by atoms with Crippen molar-refractivity contribution in [2.45, 2.75) is 62.1 Å². The van der Waals surface area contributed by atoms with Gasteiger partial charge in [-0.05, 0) is 57.1 Å². The van der Waals surface area contributed by atoms with Crippen LogP contribution in [0.3, 0.4) is 0 Å². The minimum atomic E-state index is -0.329. The average molecular weight is 412 g/mol.